The normalized spacial score (nSPS) is 10.2. The Balaban J connectivity index is 2.01. The summed E-state index contributed by atoms with van der Waals surface area (Å²) in [6.45, 7) is 0.0628. The van der Waals surface area contributed by atoms with Gasteiger partial charge in [0.05, 0.1) is 6.20 Å². The molecular formula is C13H14N4O3. The van der Waals surface area contributed by atoms with Gasteiger partial charge in [-0.3, -0.25) is 9.59 Å². The van der Waals surface area contributed by atoms with Gasteiger partial charge >= 0.3 is 5.97 Å². The number of amides is 1. The Morgan fingerprint density at radius 1 is 1.30 bits per heavy atom. The first-order valence-corrected chi connectivity index (χ1v) is 6.09. The second kappa shape index (κ2) is 6.46. The summed E-state index contributed by atoms with van der Waals surface area (Å²) < 4.78 is 1.41. The lowest BCUT2D eigenvalue weighted by atomic mass is 10.1. The van der Waals surface area contributed by atoms with Crippen molar-refractivity contribution in [1.29, 1.82) is 0 Å². The van der Waals surface area contributed by atoms with Crippen LogP contribution in [0.1, 0.15) is 12.0 Å². The van der Waals surface area contributed by atoms with Crippen LogP contribution in [0.3, 0.4) is 0 Å². The molecule has 1 aromatic heterocycles. The number of carboxylic acids is 1. The predicted octanol–water partition coefficient (Wildman–Crippen LogP) is 0.934. The largest absolute Gasteiger partial charge is 0.481 e. The third kappa shape index (κ3) is 3.91. The first-order chi connectivity index (χ1) is 9.65. The van der Waals surface area contributed by atoms with Crippen LogP contribution in [0.2, 0.25) is 0 Å². The number of carbonyl (C=O) groups is 2. The maximum atomic E-state index is 11.9. The molecule has 1 amide bonds. The molecule has 2 rings (SSSR count). The molecule has 2 aromatic rings. The zero-order valence-corrected chi connectivity index (χ0v) is 10.7. The fraction of sp³-hybridized carbons (Fsp3) is 0.231. The van der Waals surface area contributed by atoms with E-state index in [1.807, 2.05) is 6.07 Å². The van der Waals surface area contributed by atoms with E-state index in [2.05, 4.69) is 15.6 Å². The molecule has 0 spiro atoms. The maximum absolute atomic E-state index is 11.9. The lowest BCUT2D eigenvalue weighted by molar-refractivity contribution is -0.136. The lowest BCUT2D eigenvalue weighted by Crippen LogP contribution is -2.20. The minimum Gasteiger partial charge on any atom is -0.481 e. The summed E-state index contributed by atoms with van der Waals surface area (Å²) in [5, 5.41) is 18.8. The van der Waals surface area contributed by atoms with Crippen molar-refractivity contribution in [1.82, 2.24) is 15.0 Å². The molecule has 0 fully saturated rings. The standard InChI is InChI=1S/C13H14N4O3/c18-12(9-17-8-7-14-16-17)15-11-4-2-1-3-10(11)5-6-13(19)20/h1-4,7-8H,5-6,9H2,(H,15,18)(H,19,20). The van der Waals surface area contributed by atoms with E-state index in [4.69, 9.17) is 5.11 Å². The molecule has 0 aliphatic carbocycles. The number of aryl methyl sites for hydroxylation is 1. The highest BCUT2D eigenvalue weighted by Gasteiger charge is 2.08. The fourth-order valence-corrected chi connectivity index (χ4v) is 1.76. The van der Waals surface area contributed by atoms with Gasteiger partial charge in [0.25, 0.3) is 0 Å². The third-order valence-corrected chi connectivity index (χ3v) is 2.68. The predicted molar refractivity (Wildman–Crippen MR) is 71.1 cm³/mol. The summed E-state index contributed by atoms with van der Waals surface area (Å²) in [6.07, 6.45) is 3.48. The van der Waals surface area contributed by atoms with Crippen LogP contribution >= 0.6 is 0 Å². The molecule has 2 N–H and O–H groups in total. The molecule has 1 aromatic carbocycles. The Morgan fingerprint density at radius 3 is 2.80 bits per heavy atom. The van der Waals surface area contributed by atoms with Crippen LogP contribution < -0.4 is 5.32 Å². The van der Waals surface area contributed by atoms with Gasteiger partial charge in [-0.25, -0.2) is 4.68 Å². The molecule has 0 aliphatic rings. The van der Waals surface area contributed by atoms with Gasteiger partial charge in [-0.05, 0) is 18.1 Å². The van der Waals surface area contributed by atoms with Crippen LogP contribution in [0.4, 0.5) is 5.69 Å². The quantitative estimate of drug-likeness (QED) is 0.816. The number of aliphatic carboxylic acids is 1. The second-order valence-electron chi connectivity index (χ2n) is 4.20. The van der Waals surface area contributed by atoms with Crippen molar-refractivity contribution >= 4 is 17.6 Å². The minimum atomic E-state index is -0.867. The van der Waals surface area contributed by atoms with Gasteiger partial charge in [0.1, 0.15) is 6.54 Å². The highest BCUT2D eigenvalue weighted by atomic mass is 16.4. The first kappa shape index (κ1) is 13.7. The average molecular weight is 274 g/mol. The number of anilines is 1. The Hall–Kier alpha value is -2.70. The number of aromatic nitrogens is 3. The van der Waals surface area contributed by atoms with Crippen LogP contribution in [0.15, 0.2) is 36.7 Å². The molecule has 104 valence electrons. The molecule has 0 atom stereocenters. The van der Waals surface area contributed by atoms with Crippen molar-refractivity contribution in [2.75, 3.05) is 5.32 Å². The highest BCUT2D eigenvalue weighted by molar-refractivity contribution is 5.91. The molecule has 0 bridgehead atoms. The molecule has 7 nitrogen and oxygen atoms in total. The molecule has 20 heavy (non-hydrogen) atoms. The monoisotopic (exact) mass is 274 g/mol. The lowest BCUT2D eigenvalue weighted by Gasteiger charge is -2.10. The Labute approximate surface area is 115 Å². The topological polar surface area (TPSA) is 97.1 Å². The van der Waals surface area contributed by atoms with E-state index in [1.54, 1.807) is 24.4 Å². The van der Waals surface area contributed by atoms with Crippen molar-refractivity contribution < 1.29 is 14.7 Å². The molecule has 0 saturated carbocycles. The summed E-state index contributed by atoms with van der Waals surface area (Å²) in [5.41, 5.74) is 1.42. The zero-order chi connectivity index (χ0) is 14.4. The van der Waals surface area contributed by atoms with Crippen LogP contribution in [0, 0.1) is 0 Å². The average Bonchev–Trinajstić information content (AvgIpc) is 2.90. The molecule has 0 unspecified atom stereocenters. The summed E-state index contributed by atoms with van der Waals surface area (Å²) >= 11 is 0. The maximum Gasteiger partial charge on any atom is 0.303 e. The van der Waals surface area contributed by atoms with Gasteiger partial charge in [0, 0.05) is 18.3 Å². The molecule has 7 heteroatoms. The van der Waals surface area contributed by atoms with Gasteiger partial charge in [0.15, 0.2) is 0 Å². The number of hydrogen-bond donors (Lipinski definition) is 2. The van der Waals surface area contributed by atoms with Crippen molar-refractivity contribution in [3.8, 4) is 0 Å². The number of carboxylic acid groups (broad SMARTS) is 1. The molecular weight excluding hydrogens is 260 g/mol. The number of carbonyl (C=O) groups excluding carboxylic acids is 1. The first-order valence-electron chi connectivity index (χ1n) is 6.09. The van der Waals surface area contributed by atoms with E-state index in [1.165, 1.54) is 10.9 Å². The number of nitrogens with one attached hydrogen (secondary N) is 1. The zero-order valence-electron chi connectivity index (χ0n) is 10.7. The fourth-order valence-electron chi connectivity index (χ4n) is 1.76. The van der Waals surface area contributed by atoms with Crippen molar-refractivity contribution in [2.45, 2.75) is 19.4 Å². The van der Waals surface area contributed by atoms with Gasteiger partial charge in [-0.1, -0.05) is 23.4 Å². The highest BCUT2D eigenvalue weighted by Crippen LogP contribution is 2.16. The van der Waals surface area contributed by atoms with Crippen molar-refractivity contribution in [3.63, 3.8) is 0 Å². The van der Waals surface area contributed by atoms with Crippen LogP contribution in [-0.4, -0.2) is 32.0 Å². The van der Waals surface area contributed by atoms with Crippen molar-refractivity contribution in [2.24, 2.45) is 0 Å². The van der Waals surface area contributed by atoms with E-state index >= 15 is 0 Å². The number of nitrogens with zero attached hydrogens (tertiary/aromatic N) is 3. The molecule has 0 radical (unpaired) electrons. The van der Waals surface area contributed by atoms with Crippen LogP contribution in [0.5, 0.6) is 0 Å². The Kier molecular flexibility index (Phi) is 4.43. The number of benzene rings is 1. The van der Waals surface area contributed by atoms with Crippen molar-refractivity contribution in [3.05, 3.63) is 42.2 Å². The molecule has 1 heterocycles. The van der Waals surface area contributed by atoms with Crippen LogP contribution in [-0.2, 0) is 22.6 Å². The Morgan fingerprint density at radius 2 is 2.10 bits per heavy atom. The van der Waals surface area contributed by atoms with Gasteiger partial charge < -0.3 is 10.4 Å². The van der Waals surface area contributed by atoms with E-state index in [9.17, 15) is 9.59 Å². The van der Waals surface area contributed by atoms with E-state index in [0.717, 1.165) is 5.56 Å². The third-order valence-electron chi connectivity index (χ3n) is 2.68. The summed E-state index contributed by atoms with van der Waals surface area (Å²) in [4.78, 5) is 22.5. The van der Waals surface area contributed by atoms with E-state index in [-0.39, 0.29) is 18.9 Å². The molecule has 0 saturated heterocycles. The number of hydrogen-bond acceptors (Lipinski definition) is 4. The smallest absolute Gasteiger partial charge is 0.303 e. The second-order valence-corrected chi connectivity index (χ2v) is 4.20. The van der Waals surface area contributed by atoms with E-state index < -0.39 is 5.97 Å². The number of rotatable bonds is 6. The summed E-state index contributed by atoms with van der Waals surface area (Å²) in [5.74, 6) is -1.10. The summed E-state index contributed by atoms with van der Waals surface area (Å²) in [7, 11) is 0. The van der Waals surface area contributed by atoms with Crippen LogP contribution in [0.25, 0.3) is 0 Å². The number of para-hydroxylation sites is 1. The molecule has 0 aliphatic heterocycles. The van der Waals surface area contributed by atoms with Gasteiger partial charge in [0.2, 0.25) is 5.91 Å². The minimum absolute atomic E-state index is 0.0238. The van der Waals surface area contributed by atoms with Gasteiger partial charge in [-0.2, -0.15) is 0 Å². The Bertz CT molecular complexity index is 595. The van der Waals surface area contributed by atoms with Gasteiger partial charge in [-0.15, -0.1) is 5.10 Å². The summed E-state index contributed by atoms with van der Waals surface area (Å²) in [6, 6.07) is 7.14. The van der Waals surface area contributed by atoms with E-state index in [0.29, 0.717) is 12.1 Å². The SMILES string of the molecule is O=C(O)CCc1ccccc1NC(=O)Cn1ccnn1.